The Kier molecular flexibility index (Phi) is 4.24. The van der Waals surface area contributed by atoms with Crippen LogP contribution in [0.2, 0.25) is 0 Å². The monoisotopic (exact) mass is 269 g/mol. The van der Waals surface area contributed by atoms with Gasteiger partial charge in [-0.05, 0) is 43.8 Å². The van der Waals surface area contributed by atoms with E-state index >= 15 is 0 Å². The van der Waals surface area contributed by atoms with Gasteiger partial charge in [-0.2, -0.15) is 0 Å². The topological polar surface area (TPSA) is 20.3 Å². The van der Waals surface area contributed by atoms with Crippen molar-refractivity contribution in [3.05, 3.63) is 48.0 Å². The highest BCUT2D eigenvalue weighted by Crippen LogP contribution is 2.23. The lowest BCUT2D eigenvalue weighted by molar-refractivity contribution is 0.0669. The summed E-state index contributed by atoms with van der Waals surface area (Å²) < 4.78 is 0. The van der Waals surface area contributed by atoms with Gasteiger partial charge in [0, 0.05) is 5.56 Å². The second kappa shape index (κ2) is 5.76. The van der Waals surface area contributed by atoms with Crippen LogP contribution in [0.1, 0.15) is 38.1 Å². The molecule has 0 bridgehead atoms. The third-order valence-corrected chi connectivity index (χ3v) is 4.12. The maximum Gasteiger partial charge on any atom is 0.182 e. The summed E-state index contributed by atoms with van der Waals surface area (Å²) in [6.45, 7) is 9.97. The van der Waals surface area contributed by atoms with Gasteiger partial charge in [0.2, 0.25) is 0 Å². The van der Waals surface area contributed by atoms with Gasteiger partial charge < -0.3 is 0 Å². The zero-order valence-corrected chi connectivity index (χ0v) is 12.8. The SMILES string of the molecule is CCN(CC)C(C)(C)C(=O)c1ccc2ccccc2c1. The van der Waals surface area contributed by atoms with Crippen molar-refractivity contribution < 1.29 is 4.79 Å². The minimum atomic E-state index is -0.466. The number of likely N-dealkylation sites (N-methyl/N-ethyl adjacent to an activating group) is 1. The third kappa shape index (κ3) is 2.61. The van der Waals surface area contributed by atoms with Crippen molar-refractivity contribution in [2.75, 3.05) is 13.1 Å². The Morgan fingerprint density at radius 2 is 1.60 bits per heavy atom. The molecule has 0 unspecified atom stereocenters. The molecule has 2 rings (SSSR count). The van der Waals surface area contributed by atoms with Crippen LogP contribution in [-0.2, 0) is 0 Å². The molecule has 0 aliphatic heterocycles. The van der Waals surface area contributed by atoms with Gasteiger partial charge in [0.25, 0.3) is 0 Å². The third-order valence-electron chi connectivity index (χ3n) is 4.12. The number of ketones is 1. The number of fused-ring (bicyclic) bond motifs is 1. The number of Topliss-reactive ketones (excluding diaryl/α,β-unsaturated/α-hetero) is 1. The summed E-state index contributed by atoms with van der Waals surface area (Å²) in [5, 5.41) is 2.29. The van der Waals surface area contributed by atoms with Crippen LogP contribution < -0.4 is 0 Å². The van der Waals surface area contributed by atoms with E-state index in [9.17, 15) is 4.79 Å². The number of nitrogens with zero attached hydrogens (tertiary/aromatic N) is 1. The van der Waals surface area contributed by atoms with Crippen LogP contribution in [0, 0.1) is 0 Å². The lowest BCUT2D eigenvalue weighted by Crippen LogP contribution is -2.49. The molecule has 2 nitrogen and oxygen atoms in total. The predicted molar refractivity (Wildman–Crippen MR) is 85.3 cm³/mol. The van der Waals surface area contributed by atoms with E-state index in [-0.39, 0.29) is 5.78 Å². The average molecular weight is 269 g/mol. The quantitative estimate of drug-likeness (QED) is 0.760. The Hall–Kier alpha value is -1.67. The number of hydrogen-bond acceptors (Lipinski definition) is 2. The Bertz CT molecular complexity index is 612. The van der Waals surface area contributed by atoms with E-state index in [4.69, 9.17) is 0 Å². The Labute approximate surface area is 121 Å². The van der Waals surface area contributed by atoms with E-state index in [0.717, 1.165) is 24.0 Å². The van der Waals surface area contributed by atoms with E-state index in [0.29, 0.717) is 0 Å². The molecule has 0 saturated heterocycles. The molecule has 106 valence electrons. The molecule has 0 aromatic heterocycles. The molecule has 0 amide bonds. The van der Waals surface area contributed by atoms with Crippen LogP contribution in [0.3, 0.4) is 0 Å². The molecule has 20 heavy (non-hydrogen) atoms. The van der Waals surface area contributed by atoms with Crippen LogP contribution in [0.25, 0.3) is 10.8 Å². The van der Waals surface area contributed by atoms with Crippen molar-refractivity contribution in [1.82, 2.24) is 4.90 Å². The van der Waals surface area contributed by atoms with Crippen molar-refractivity contribution in [1.29, 1.82) is 0 Å². The molecule has 0 saturated carbocycles. The molecule has 2 heteroatoms. The van der Waals surface area contributed by atoms with Crippen molar-refractivity contribution in [3.8, 4) is 0 Å². The van der Waals surface area contributed by atoms with E-state index in [1.165, 1.54) is 5.39 Å². The van der Waals surface area contributed by atoms with Gasteiger partial charge in [0.1, 0.15) is 0 Å². The van der Waals surface area contributed by atoms with Gasteiger partial charge in [-0.15, -0.1) is 0 Å². The molecule has 0 atom stereocenters. The van der Waals surface area contributed by atoms with Crippen molar-refractivity contribution >= 4 is 16.6 Å². The molecule has 0 aliphatic rings. The maximum atomic E-state index is 12.8. The minimum absolute atomic E-state index is 0.187. The summed E-state index contributed by atoms with van der Waals surface area (Å²) in [6, 6.07) is 14.1. The van der Waals surface area contributed by atoms with Gasteiger partial charge in [0.05, 0.1) is 5.54 Å². The summed E-state index contributed by atoms with van der Waals surface area (Å²) >= 11 is 0. The summed E-state index contributed by atoms with van der Waals surface area (Å²) in [6.07, 6.45) is 0. The molecule has 0 aliphatic carbocycles. The van der Waals surface area contributed by atoms with Gasteiger partial charge in [-0.25, -0.2) is 0 Å². The Morgan fingerprint density at radius 1 is 1.00 bits per heavy atom. The Balaban J connectivity index is 2.40. The van der Waals surface area contributed by atoms with Gasteiger partial charge >= 0.3 is 0 Å². The van der Waals surface area contributed by atoms with E-state index < -0.39 is 5.54 Å². The first-order valence-electron chi connectivity index (χ1n) is 7.29. The number of hydrogen-bond donors (Lipinski definition) is 0. The van der Waals surface area contributed by atoms with E-state index in [1.807, 2.05) is 44.2 Å². The Morgan fingerprint density at radius 3 is 2.20 bits per heavy atom. The smallest absolute Gasteiger partial charge is 0.182 e. The first-order chi connectivity index (χ1) is 9.50. The highest BCUT2D eigenvalue weighted by Gasteiger charge is 2.33. The predicted octanol–water partition coefficient (Wildman–Crippen LogP) is 4.14. The van der Waals surface area contributed by atoms with E-state index in [1.54, 1.807) is 0 Å². The first kappa shape index (κ1) is 14.7. The lowest BCUT2D eigenvalue weighted by Gasteiger charge is -2.35. The second-order valence-electron chi connectivity index (χ2n) is 5.62. The fourth-order valence-corrected chi connectivity index (χ4v) is 2.84. The fraction of sp³-hybridized carbons (Fsp3) is 0.389. The molecule has 0 radical (unpaired) electrons. The molecular weight excluding hydrogens is 246 g/mol. The molecular formula is C18H23NO. The van der Waals surface area contributed by atoms with Crippen molar-refractivity contribution in [2.24, 2.45) is 0 Å². The zero-order chi connectivity index (χ0) is 14.8. The summed E-state index contributed by atoms with van der Waals surface area (Å²) in [5.74, 6) is 0.187. The highest BCUT2D eigenvalue weighted by atomic mass is 16.1. The van der Waals surface area contributed by atoms with Crippen LogP contribution in [0.15, 0.2) is 42.5 Å². The van der Waals surface area contributed by atoms with Crippen molar-refractivity contribution in [3.63, 3.8) is 0 Å². The first-order valence-corrected chi connectivity index (χ1v) is 7.29. The van der Waals surface area contributed by atoms with E-state index in [2.05, 4.69) is 30.9 Å². The highest BCUT2D eigenvalue weighted by molar-refractivity contribution is 6.05. The maximum absolute atomic E-state index is 12.8. The lowest BCUT2D eigenvalue weighted by atomic mass is 9.90. The molecule has 0 fully saturated rings. The van der Waals surface area contributed by atoms with Crippen LogP contribution in [0.5, 0.6) is 0 Å². The second-order valence-corrected chi connectivity index (χ2v) is 5.62. The number of carbonyl (C=O) groups excluding carboxylic acids is 1. The standard InChI is InChI=1S/C18H23NO/c1-5-19(6-2)18(3,4)17(20)16-12-11-14-9-7-8-10-15(14)13-16/h7-13H,5-6H2,1-4H3. The normalized spacial score (nSPS) is 12.1. The molecule has 2 aromatic carbocycles. The summed E-state index contributed by atoms with van der Waals surface area (Å²) in [7, 11) is 0. The number of carbonyl (C=O) groups is 1. The van der Waals surface area contributed by atoms with Gasteiger partial charge in [-0.3, -0.25) is 9.69 Å². The zero-order valence-electron chi connectivity index (χ0n) is 12.8. The average Bonchev–Trinajstić information content (AvgIpc) is 2.47. The van der Waals surface area contributed by atoms with Crippen LogP contribution >= 0.6 is 0 Å². The van der Waals surface area contributed by atoms with Gasteiger partial charge in [-0.1, -0.05) is 50.2 Å². The largest absolute Gasteiger partial charge is 0.292 e. The van der Waals surface area contributed by atoms with Crippen LogP contribution in [0.4, 0.5) is 0 Å². The minimum Gasteiger partial charge on any atom is -0.292 e. The molecule has 0 N–H and O–H groups in total. The fourth-order valence-electron chi connectivity index (χ4n) is 2.84. The molecule has 0 heterocycles. The number of benzene rings is 2. The summed E-state index contributed by atoms with van der Waals surface area (Å²) in [4.78, 5) is 15.0. The van der Waals surface area contributed by atoms with Crippen molar-refractivity contribution in [2.45, 2.75) is 33.2 Å². The molecule has 0 spiro atoms. The molecule has 2 aromatic rings. The van der Waals surface area contributed by atoms with Gasteiger partial charge in [0.15, 0.2) is 5.78 Å². The summed E-state index contributed by atoms with van der Waals surface area (Å²) in [5.41, 5.74) is 0.326. The van der Waals surface area contributed by atoms with Crippen LogP contribution in [-0.4, -0.2) is 29.3 Å². The number of rotatable bonds is 5.